The predicted molar refractivity (Wildman–Crippen MR) is 94.1 cm³/mol. The summed E-state index contributed by atoms with van der Waals surface area (Å²) < 4.78 is 0. The van der Waals surface area contributed by atoms with E-state index in [0.717, 1.165) is 0 Å². The summed E-state index contributed by atoms with van der Waals surface area (Å²) >= 11 is 1.87. The van der Waals surface area contributed by atoms with Crippen LogP contribution in [-0.2, 0) is 0 Å². The van der Waals surface area contributed by atoms with Crippen LogP contribution in [0.15, 0.2) is 48.5 Å². The average molecular weight is 292 g/mol. The standard InChI is InChI=1S/C20H20S/c1-13-5-8-17(9-6-13)18-11-14(2)20(15(3)12-18)19-10-7-16(4)21-19/h5-12H,1-4H3. The molecule has 0 saturated carbocycles. The van der Waals surface area contributed by atoms with E-state index in [4.69, 9.17) is 0 Å². The van der Waals surface area contributed by atoms with Gasteiger partial charge in [-0.05, 0) is 67.6 Å². The Morgan fingerprint density at radius 1 is 0.667 bits per heavy atom. The molecule has 0 aliphatic carbocycles. The summed E-state index contributed by atoms with van der Waals surface area (Å²) in [5.41, 5.74) is 8.00. The maximum absolute atomic E-state index is 2.31. The lowest BCUT2D eigenvalue weighted by atomic mass is 9.94. The van der Waals surface area contributed by atoms with Gasteiger partial charge in [-0.2, -0.15) is 0 Å². The van der Waals surface area contributed by atoms with Crippen molar-refractivity contribution in [2.24, 2.45) is 0 Å². The molecule has 3 rings (SSSR count). The first-order valence-electron chi connectivity index (χ1n) is 7.29. The van der Waals surface area contributed by atoms with Crippen molar-refractivity contribution in [3.8, 4) is 21.6 Å². The van der Waals surface area contributed by atoms with Crippen molar-refractivity contribution in [2.45, 2.75) is 27.7 Å². The third-order valence-electron chi connectivity index (χ3n) is 3.90. The monoisotopic (exact) mass is 292 g/mol. The summed E-state index contributed by atoms with van der Waals surface area (Å²) in [6.45, 7) is 8.73. The predicted octanol–water partition coefficient (Wildman–Crippen LogP) is 6.32. The van der Waals surface area contributed by atoms with Crippen molar-refractivity contribution in [1.29, 1.82) is 0 Å². The van der Waals surface area contributed by atoms with Crippen LogP contribution < -0.4 is 0 Å². The zero-order valence-corrected chi connectivity index (χ0v) is 13.8. The Hall–Kier alpha value is -1.86. The van der Waals surface area contributed by atoms with Crippen LogP contribution in [0, 0.1) is 27.7 Å². The molecule has 0 radical (unpaired) electrons. The zero-order valence-electron chi connectivity index (χ0n) is 13.0. The minimum absolute atomic E-state index is 1.29. The summed E-state index contributed by atoms with van der Waals surface area (Å²) in [5.74, 6) is 0. The Morgan fingerprint density at radius 2 is 1.29 bits per heavy atom. The molecule has 0 aliphatic rings. The van der Waals surface area contributed by atoms with Crippen LogP contribution in [0.2, 0.25) is 0 Å². The molecule has 3 aromatic rings. The molecule has 0 aliphatic heterocycles. The lowest BCUT2D eigenvalue weighted by molar-refractivity contribution is 1.38. The third-order valence-corrected chi connectivity index (χ3v) is 4.92. The molecular weight excluding hydrogens is 272 g/mol. The Kier molecular flexibility index (Phi) is 3.69. The van der Waals surface area contributed by atoms with E-state index in [0.29, 0.717) is 0 Å². The van der Waals surface area contributed by atoms with Crippen molar-refractivity contribution in [3.63, 3.8) is 0 Å². The number of hydrogen-bond donors (Lipinski definition) is 0. The molecular formula is C20H20S. The largest absolute Gasteiger partial charge is 0.141 e. The smallest absolute Gasteiger partial charge is 0.0350 e. The van der Waals surface area contributed by atoms with Gasteiger partial charge < -0.3 is 0 Å². The molecule has 1 aromatic heterocycles. The highest BCUT2D eigenvalue weighted by atomic mass is 32.1. The van der Waals surface area contributed by atoms with Gasteiger partial charge in [0.05, 0.1) is 0 Å². The van der Waals surface area contributed by atoms with Gasteiger partial charge in [-0.1, -0.05) is 42.0 Å². The first-order valence-corrected chi connectivity index (χ1v) is 8.11. The second-order valence-electron chi connectivity index (χ2n) is 5.76. The molecule has 0 spiro atoms. The van der Waals surface area contributed by atoms with Crippen LogP contribution in [-0.4, -0.2) is 0 Å². The number of benzene rings is 2. The molecule has 1 heteroatoms. The molecule has 0 unspecified atom stereocenters. The fraction of sp³-hybridized carbons (Fsp3) is 0.200. The van der Waals surface area contributed by atoms with Gasteiger partial charge in [0.1, 0.15) is 0 Å². The van der Waals surface area contributed by atoms with Crippen LogP contribution in [0.5, 0.6) is 0 Å². The highest BCUT2D eigenvalue weighted by Crippen LogP contribution is 2.35. The summed E-state index contributed by atoms with van der Waals surface area (Å²) in [7, 11) is 0. The van der Waals surface area contributed by atoms with Crippen LogP contribution in [0.3, 0.4) is 0 Å². The van der Waals surface area contributed by atoms with E-state index < -0.39 is 0 Å². The number of rotatable bonds is 2. The highest BCUT2D eigenvalue weighted by molar-refractivity contribution is 7.15. The number of aryl methyl sites for hydroxylation is 4. The van der Waals surface area contributed by atoms with Crippen molar-refractivity contribution in [3.05, 3.63) is 70.1 Å². The van der Waals surface area contributed by atoms with E-state index in [-0.39, 0.29) is 0 Å². The first kappa shape index (κ1) is 14.1. The normalized spacial score (nSPS) is 10.9. The molecule has 0 N–H and O–H groups in total. The average Bonchev–Trinajstić information content (AvgIpc) is 2.85. The lowest BCUT2D eigenvalue weighted by Gasteiger charge is -2.12. The minimum Gasteiger partial charge on any atom is -0.141 e. The fourth-order valence-electron chi connectivity index (χ4n) is 2.83. The zero-order chi connectivity index (χ0) is 15.0. The molecule has 0 fully saturated rings. The van der Waals surface area contributed by atoms with Crippen LogP contribution in [0.1, 0.15) is 21.6 Å². The van der Waals surface area contributed by atoms with Crippen LogP contribution >= 0.6 is 11.3 Å². The molecule has 106 valence electrons. The maximum Gasteiger partial charge on any atom is 0.0350 e. The van der Waals surface area contributed by atoms with Crippen molar-refractivity contribution >= 4 is 11.3 Å². The fourth-order valence-corrected chi connectivity index (χ4v) is 3.88. The second-order valence-corrected chi connectivity index (χ2v) is 7.05. The van der Waals surface area contributed by atoms with Crippen molar-refractivity contribution in [2.75, 3.05) is 0 Å². The Labute approximate surface area is 131 Å². The summed E-state index contributed by atoms with van der Waals surface area (Å²) in [6.07, 6.45) is 0. The van der Waals surface area contributed by atoms with E-state index in [1.54, 1.807) is 0 Å². The summed E-state index contributed by atoms with van der Waals surface area (Å²) in [5, 5.41) is 0. The number of hydrogen-bond acceptors (Lipinski definition) is 1. The van der Waals surface area contributed by atoms with Crippen molar-refractivity contribution < 1.29 is 0 Å². The SMILES string of the molecule is Cc1ccc(-c2cc(C)c(-c3ccc(C)s3)c(C)c2)cc1. The Balaban J connectivity index is 2.09. The van der Waals surface area contributed by atoms with Gasteiger partial charge in [0, 0.05) is 9.75 Å². The lowest BCUT2D eigenvalue weighted by Crippen LogP contribution is -1.89. The summed E-state index contributed by atoms with van der Waals surface area (Å²) in [6, 6.07) is 17.8. The van der Waals surface area contributed by atoms with Gasteiger partial charge in [-0.15, -0.1) is 11.3 Å². The van der Waals surface area contributed by atoms with Gasteiger partial charge in [-0.25, -0.2) is 0 Å². The Bertz CT molecular complexity index is 753. The van der Waals surface area contributed by atoms with E-state index in [2.05, 4.69) is 76.2 Å². The molecule has 0 bridgehead atoms. The molecule has 0 amide bonds. The quantitative estimate of drug-likeness (QED) is 0.518. The second kappa shape index (κ2) is 5.50. The van der Waals surface area contributed by atoms with Gasteiger partial charge in [0.15, 0.2) is 0 Å². The topological polar surface area (TPSA) is 0 Å². The molecule has 21 heavy (non-hydrogen) atoms. The van der Waals surface area contributed by atoms with Gasteiger partial charge in [0.25, 0.3) is 0 Å². The van der Waals surface area contributed by atoms with E-state index in [1.807, 2.05) is 11.3 Å². The molecule has 0 atom stereocenters. The first-order chi connectivity index (χ1) is 10.0. The van der Waals surface area contributed by atoms with E-state index in [9.17, 15) is 0 Å². The Morgan fingerprint density at radius 3 is 1.81 bits per heavy atom. The minimum atomic E-state index is 1.29. The van der Waals surface area contributed by atoms with Gasteiger partial charge in [0.2, 0.25) is 0 Å². The molecule has 1 heterocycles. The van der Waals surface area contributed by atoms with Crippen LogP contribution in [0.25, 0.3) is 21.6 Å². The number of thiophene rings is 1. The molecule has 2 aromatic carbocycles. The summed E-state index contributed by atoms with van der Waals surface area (Å²) in [4.78, 5) is 2.74. The third kappa shape index (κ3) is 2.79. The van der Waals surface area contributed by atoms with Crippen LogP contribution in [0.4, 0.5) is 0 Å². The maximum atomic E-state index is 2.31. The molecule has 0 saturated heterocycles. The van der Waals surface area contributed by atoms with Crippen molar-refractivity contribution in [1.82, 2.24) is 0 Å². The molecule has 0 nitrogen and oxygen atoms in total. The van der Waals surface area contributed by atoms with Gasteiger partial charge in [-0.3, -0.25) is 0 Å². The van der Waals surface area contributed by atoms with E-state index >= 15 is 0 Å². The van der Waals surface area contributed by atoms with E-state index in [1.165, 1.54) is 43.1 Å². The van der Waals surface area contributed by atoms with Gasteiger partial charge >= 0.3 is 0 Å². The highest BCUT2D eigenvalue weighted by Gasteiger charge is 2.10.